The van der Waals surface area contributed by atoms with E-state index < -0.39 is 10.0 Å². The largest absolute Gasteiger partial charge is 0.494 e. The third kappa shape index (κ3) is 5.36. The van der Waals surface area contributed by atoms with Crippen molar-refractivity contribution in [3.05, 3.63) is 53.1 Å². The van der Waals surface area contributed by atoms with Crippen molar-refractivity contribution in [2.75, 3.05) is 25.0 Å². The number of amides is 1. The first kappa shape index (κ1) is 22.9. The number of aryl methyl sites for hydroxylation is 3. The fourth-order valence-corrected chi connectivity index (χ4v) is 4.65. The summed E-state index contributed by atoms with van der Waals surface area (Å²) in [6.07, 6.45) is 0.776. The van der Waals surface area contributed by atoms with Gasteiger partial charge >= 0.3 is 0 Å². The standard InChI is InChI=1S/C22H30N2O4S/c1-6-18-11-9-10-16(4)22(18)23-21(25)15-24(7-2)29(26,27)19-12-13-20(28-8-3)17(5)14-19/h9-14H,6-8,15H2,1-5H3,(H,23,25). The van der Waals surface area contributed by atoms with E-state index in [1.807, 2.05) is 39.0 Å². The van der Waals surface area contributed by atoms with Crippen LogP contribution in [0, 0.1) is 13.8 Å². The van der Waals surface area contributed by atoms with E-state index in [2.05, 4.69) is 5.32 Å². The molecule has 0 unspecified atom stereocenters. The molecule has 0 heterocycles. The van der Waals surface area contributed by atoms with Gasteiger partial charge in [0.1, 0.15) is 5.75 Å². The van der Waals surface area contributed by atoms with Gasteiger partial charge in [-0.15, -0.1) is 0 Å². The summed E-state index contributed by atoms with van der Waals surface area (Å²) in [6.45, 7) is 9.79. The van der Waals surface area contributed by atoms with E-state index in [4.69, 9.17) is 4.74 Å². The molecule has 0 aromatic heterocycles. The smallest absolute Gasteiger partial charge is 0.243 e. The highest BCUT2D eigenvalue weighted by Gasteiger charge is 2.26. The Balaban J connectivity index is 2.22. The van der Waals surface area contributed by atoms with Gasteiger partial charge in [-0.25, -0.2) is 8.42 Å². The first-order valence-electron chi connectivity index (χ1n) is 9.86. The zero-order valence-electron chi connectivity index (χ0n) is 17.8. The maximum atomic E-state index is 13.1. The molecular weight excluding hydrogens is 388 g/mol. The second kappa shape index (κ2) is 9.89. The summed E-state index contributed by atoms with van der Waals surface area (Å²) < 4.78 is 32.8. The lowest BCUT2D eigenvalue weighted by Gasteiger charge is -2.21. The van der Waals surface area contributed by atoms with Gasteiger partial charge in [-0.2, -0.15) is 4.31 Å². The molecule has 2 rings (SSSR count). The van der Waals surface area contributed by atoms with E-state index in [0.717, 1.165) is 28.8 Å². The van der Waals surface area contributed by atoms with Crippen LogP contribution in [-0.2, 0) is 21.2 Å². The predicted molar refractivity (Wildman–Crippen MR) is 116 cm³/mol. The number of nitrogens with zero attached hydrogens (tertiary/aromatic N) is 1. The van der Waals surface area contributed by atoms with Gasteiger partial charge in [0.15, 0.2) is 0 Å². The predicted octanol–water partition coefficient (Wildman–Crippen LogP) is 3.91. The number of ether oxygens (including phenoxy) is 1. The Morgan fingerprint density at radius 2 is 1.79 bits per heavy atom. The molecule has 2 aromatic rings. The van der Waals surface area contributed by atoms with Crippen LogP contribution in [0.2, 0.25) is 0 Å². The zero-order valence-corrected chi connectivity index (χ0v) is 18.6. The summed E-state index contributed by atoms with van der Waals surface area (Å²) in [4.78, 5) is 12.8. The third-order valence-electron chi connectivity index (χ3n) is 4.76. The average molecular weight is 419 g/mol. The van der Waals surface area contributed by atoms with Gasteiger partial charge < -0.3 is 10.1 Å². The van der Waals surface area contributed by atoms with Crippen LogP contribution >= 0.6 is 0 Å². The maximum Gasteiger partial charge on any atom is 0.243 e. The van der Waals surface area contributed by atoms with Crippen molar-refractivity contribution in [3.63, 3.8) is 0 Å². The summed E-state index contributed by atoms with van der Waals surface area (Å²) in [5, 5.41) is 2.89. The topological polar surface area (TPSA) is 75.7 Å². The molecule has 7 heteroatoms. The summed E-state index contributed by atoms with van der Waals surface area (Å²) >= 11 is 0. The average Bonchev–Trinajstić information content (AvgIpc) is 2.69. The minimum Gasteiger partial charge on any atom is -0.494 e. The van der Waals surface area contributed by atoms with Gasteiger partial charge in [0, 0.05) is 12.2 Å². The van der Waals surface area contributed by atoms with E-state index in [9.17, 15) is 13.2 Å². The van der Waals surface area contributed by atoms with Crippen molar-refractivity contribution in [3.8, 4) is 5.75 Å². The van der Waals surface area contributed by atoms with Crippen LogP contribution in [-0.4, -0.2) is 38.3 Å². The highest BCUT2D eigenvalue weighted by molar-refractivity contribution is 7.89. The van der Waals surface area contributed by atoms with E-state index in [-0.39, 0.29) is 23.9 Å². The summed E-state index contributed by atoms with van der Waals surface area (Å²) in [6, 6.07) is 10.6. The van der Waals surface area contributed by atoms with E-state index in [0.29, 0.717) is 12.4 Å². The highest BCUT2D eigenvalue weighted by atomic mass is 32.2. The number of anilines is 1. The van der Waals surface area contributed by atoms with Crippen molar-refractivity contribution in [2.45, 2.75) is 45.9 Å². The molecule has 0 fully saturated rings. The molecule has 2 aromatic carbocycles. The Hall–Kier alpha value is -2.38. The summed E-state index contributed by atoms with van der Waals surface area (Å²) in [5.41, 5.74) is 3.46. The molecule has 0 atom stereocenters. The number of para-hydroxylation sites is 1. The molecule has 0 saturated heterocycles. The second-order valence-corrected chi connectivity index (χ2v) is 8.74. The number of carbonyl (C=O) groups is 1. The molecule has 0 aliphatic rings. The van der Waals surface area contributed by atoms with Gasteiger partial charge in [0.25, 0.3) is 0 Å². The zero-order chi connectivity index (χ0) is 21.6. The third-order valence-corrected chi connectivity index (χ3v) is 6.68. The molecule has 0 bridgehead atoms. The number of hydrogen-bond acceptors (Lipinski definition) is 4. The van der Waals surface area contributed by atoms with Gasteiger partial charge in [-0.1, -0.05) is 32.0 Å². The van der Waals surface area contributed by atoms with E-state index in [1.165, 1.54) is 10.4 Å². The molecule has 158 valence electrons. The first-order valence-corrected chi connectivity index (χ1v) is 11.3. The number of rotatable bonds is 9. The van der Waals surface area contributed by atoms with Crippen molar-refractivity contribution < 1.29 is 17.9 Å². The Morgan fingerprint density at radius 1 is 1.07 bits per heavy atom. The molecule has 1 amide bonds. The molecule has 0 spiro atoms. The lowest BCUT2D eigenvalue weighted by Crippen LogP contribution is -2.38. The van der Waals surface area contributed by atoms with Crippen molar-refractivity contribution in [2.24, 2.45) is 0 Å². The van der Waals surface area contributed by atoms with Crippen LogP contribution in [0.5, 0.6) is 5.75 Å². The Labute approximate surface area is 173 Å². The second-order valence-electron chi connectivity index (χ2n) is 6.80. The number of benzene rings is 2. The SMILES string of the molecule is CCOc1ccc(S(=O)(=O)N(CC)CC(=O)Nc2c(C)cccc2CC)cc1C. The molecule has 29 heavy (non-hydrogen) atoms. The fraction of sp³-hybridized carbons (Fsp3) is 0.409. The van der Waals surface area contributed by atoms with Crippen LogP contribution < -0.4 is 10.1 Å². The fourth-order valence-electron chi connectivity index (χ4n) is 3.16. The van der Waals surface area contributed by atoms with E-state index >= 15 is 0 Å². The monoisotopic (exact) mass is 418 g/mol. The van der Waals surface area contributed by atoms with Crippen LogP contribution in [0.3, 0.4) is 0 Å². The Morgan fingerprint density at radius 3 is 2.38 bits per heavy atom. The van der Waals surface area contributed by atoms with Gasteiger partial charge in [-0.05, 0) is 62.1 Å². The molecule has 0 saturated carbocycles. The lowest BCUT2D eigenvalue weighted by atomic mass is 10.1. The lowest BCUT2D eigenvalue weighted by molar-refractivity contribution is -0.116. The molecule has 0 aliphatic heterocycles. The summed E-state index contributed by atoms with van der Waals surface area (Å²) in [5.74, 6) is 0.293. The van der Waals surface area contributed by atoms with Crippen LogP contribution in [0.4, 0.5) is 5.69 Å². The Kier molecular flexibility index (Phi) is 7.81. The molecule has 0 radical (unpaired) electrons. The van der Waals surface area contributed by atoms with Gasteiger partial charge in [0.05, 0.1) is 18.0 Å². The molecule has 1 N–H and O–H groups in total. The number of carbonyl (C=O) groups excluding carboxylic acids is 1. The van der Waals surface area contributed by atoms with Crippen molar-refractivity contribution in [1.82, 2.24) is 4.31 Å². The normalized spacial score (nSPS) is 11.5. The van der Waals surface area contributed by atoms with Crippen LogP contribution in [0.1, 0.15) is 37.5 Å². The van der Waals surface area contributed by atoms with Crippen molar-refractivity contribution >= 4 is 21.6 Å². The maximum absolute atomic E-state index is 13.1. The quantitative estimate of drug-likeness (QED) is 0.670. The van der Waals surface area contributed by atoms with Crippen LogP contribution in [0.25, 0.3) is 0 Å². The minimum atomic E-state index is -3.80. The number of sulfonamides is 1. The minimum absolute atomic E-state index is 0.151. The first-order chi connectivity index (χ1) is 13.7. The summed E-state index contributed by atoms with van der Waals surface area (Å²) in [7, 11) is -3.80. The molecule has 6 nitrogen and oxygen atoms in total. The van der Waals surface area contributed by atoms with Crippen LogP contribution in [0.15, 0.2) is 41.3 Å². The number of nitrogens with one attached hydrogen (secondary N) is 1. The van der Waals surface area contributed by atoms with Crippen molar-refractivity contribution in [1.29, 1.82) is 0 Å². The highest BCUT2D eigenvalue weighted by Crippen LogP contribution is 2.25. The number of hydrogen-bond donors (Lipinski definition) is 1. The Bertz CT molecular complexity index is 971. The molecular formula is C22H30N2O4S. The van der Waals surface area contributed by atoms with Gasteiger partial charge in [0.2, 0.25) is 15.9 Å². The number of likely N-dealkylation sites (N-methyl/N-ethyl adjacent to an activating group) is 1. The van der Waals surface area contributed by atoms with E-state index in [1.54, 1.807) is 26.0 Å². The van der Waals surface area contributed by atoms with Gasteiger partial charge in [-0.3, -0.25) is 4.79 Å². The molecule has 0 aliphatic carbocycles.